The number of para-hydroxylation sites is 2. The van der Waals surface area contributed by atoms with Gasteiger partial charge < -0.3 is 15.4 Å². The van der Waals surface area contributed by atoms with Gasteiger partial charge in [-0.25, -0.2) is 13.2 Å². The average Bonchev–Trinajstić information content (AvgIpc) is 2.95. The van der Waals surface area contributed by atoms with Crippen molar-refractivity contribution in [3.8, 4) is 5.75 Å². The van der Waals surface area contributed by atoms with Gasteiger partial charge in [-0.2, -0.15) is 0 Å². The highest BCUT2D eigenvalue weighted by atomic mass is 32.2. The van der Waals surface area contributed by atoms with E-state index in [2.05, 4.69) is 10.6 Å². The quantitative estimate of drug-likeness (QED) is 0.876. The molecule has 0 aromatic heterocycles. The van der Waals surface area contributed by atoms with Crippen molar-refractivity contribution in [2.75, 3.05) is 34.3 Å². The summed E-state index contributed by atoms with van der Waals surface area (Å²) in [6, 6.07) is 13.4. The van der Waals surface area contributed by atoms with Crippen molar-refractivity contribution in [3.63, 3.8) is 0 Å². The molecule has 0 radical (unpaired) electrons. The number of sulfonamides is 1. The van der Waals surface area contributed by atoms with Gasteiger partial charge in [0.15, 0.2) is 0 Å². The van der Waals surface area contributed by atoms with Crippen LogP contribution in [-0.2, 0) is 10.0 Å². The summed E-state index contributed by atoms with van der Waals surface area (Å²) in [5.74, 6) is 0.737. The fourth-order valence-corrected chi connectivity index (χ4v) is 4.24. The molecule has 0 unspecified atom stereocenters. The number of rotatable bonds is 4. The Labute approximate surface area is 146 Å². The molecule has 1 saturated heterocycles. The van der Waals surface area contributed by atoms with E-state index in [4.69, 9.17) is 4.74 Å². The van der Waals surface area contributed by atoms with Crippen LogP contribution in [0.1, 0.15) is 6.42 Å². The molecule has 7 nitrogen and oxygen atoms in total. The molecule has 1 heterocycles. The zero-order chi connectivity index (χ0) is 17.9. The number of carbonyl (C=O) groups excluding carboxylic acids is 1. The Hall–Kier alpha value is -2.74. The minimum atomic E-state index is -3.20. The predicted octanol–water partition coefficient (Wildman–Crippen LogP) is 2.88. The van der Waals surface area contributed by atoms with Crippen molar-refractivity contribution in [3.05, 3.63) is 48.5 Å². The number of nitrogens with zero attached hydrogens (tertiary/aromatic N) is 1. The van der Waals surface area contributed by atoms with Gasteiger partial charge >= 0.3 is 6.03 Å². The molecule has 1 aliphatic heterocycles. The number of nitrogens with one attached hydrogen (secondary N) is 2. The number of amides is 2. The Morgan fingerprint density at radius 3 is 2.44 bits per heavy atom. The maximum absolute atomic E-state index is 12.1. The normalized spacial score (nSPS) is 15.6. The lowest BCUT2D eigenvalue weighted by molar-refractivity contribution is 0.262. The van der Waals surface area contributed by atoms with E-state index in [0.717, 1.165) is 0 Å². The number of anilines is 3. The van der Waals surface area contributed by atoms with Crippen LogP contribution in [0.25, 0.3) is 0 Å². The van der Waals surface area contributed by atoms with Crippen molar-refractivity contribution < 1.29 is 17.9 Å². The number of hydrogen-bond donors (Lipinski definition) is 2. The second-order valence-corrected chi connectivity index (χ2v) is 7.58. The summed E-state index contributed by atoms with van der Waals surface area (Å²) in [5.41, 5.74) is 1.73. The molecular formula is C17H19N3O4S. The van der Waals surface area contributed by atoms with E-state index in [0.29, 0.717) is 35.8 Å². The summed E-state index contributed by atoms with van der Waals surface area (Å²) in [4.78, 5) is 12.1. The Kier molecular flexibility index (Phi) is 4.80. The van der Waals surface area contributed by atoms with Gasteiger partial charge in [0, 0.05) is 12.2 Å². The molecule has 2 aromatic carbocycles. The Balaban J connectivity index is 1.66. The summed E-state index contributed by atoms with van der Waals surface area (Å²) in [7, 11) is -1.67. The molecular weight excluding hydrogens is 342 g/mol. The Morgan fingerprint density at radius 1 is 1.08 bits per heavy atom. The molecule has 1 fully saturated rings. The van der Waals surface area contributed by atoms with E-state index in [1.54, 1.807) is 42.5 Å². The first-order valence-electron chi connectivity index (χ1n) is 7.81. The Morgan fingerprint density at radius 2 is 1.80 bits per heavy atom. The average molecular weight is 361 g/mol. The lowest BCUT2D eigenvalue weighted by atomic mass is 10.2. The molecule has 0 bridgehead atoms. The van der Waals surface area contributed by atoms with Gasteiger partial charge in [0.2, 0.25) is 10.0 Å². The minimum absolute atomic E-state index is 0.175. The van der Waals surface area contributed by atoms with E-state index in [1.165, 1.54) is 11.4 Å². The molecule has 0 spiro atoms. The lowest BCUT2D eigenvalue weighted by Gasteiger charge is -2.17. The predicted molar refractivity (Wildman–Crippen MR) is 97.8 cm³/mol. The van der Waals surface area contributed by atoms with Crippen LogP contribution in [0.2, 0.25) is 0 Å². The standard InChI is InChI=1S/C17H19N3O4S/c1-24-16-6-3-2-5-15(16)19-17(21)18-13-7-9-14(10-8-13)20-11-4-12-25(20,22)23/h2-3,5-10H,4,11-12H2,1H3,(H2,18,19,21). The first kappa shape index (κ1) is 17.1. The zero-order valence-corrected chi connectivity index (χ0v) is 14.5. The fourth-order valence-electron chi connectivity index (χ4n) is 2.67. The van der Waals surface area contributed by atoms with Crippen molar-refractivity contribution in [2.45, 2.75) is 6.42 Å². The molecule has 3 rings (SSSR count). The first-order valence-corrected chi connectivity index (χ1v) is 9.42. The molecule has 132 valence electrons. The number of urea groups is 1. The zero-order valence-electron chi connectivity index (χ0n) is 13.7. The van der Waals surface area contributed by atoms with Gasteiger partial charge in [0.25, 0.3) is 0 Å². The second kappa shape index (κ2) is 7.02. The van der Waals surface area contributed by atoms with Crippen molar-refractivity contribution in [1.82, 2.24) is 0 Å². The SMILES string of the molecule is COc1ccccc1NC(=O)Nc1ccc(N2CCCS2(=O)=O)cc1. The molecule has 25 heavy (non-hydrogen) atoms. The third-order valence-electron chi connectivity index (χ3n) is 3.87. The van der Waals surface area contributed by atoms with Crippen LogP contribution in [0.3, 0.4) is 0 Å². The highest BCUT2D eigenvalue weighted by molar-refractivity contribution is 7.93. The first-order chi connectivity index (χ1) is 12.0. The monoisotopic (exact) mass is 361 g/mol. The third-order valence-corrected chi connectivity index (χ3v) is 5.74. The van der Waals surface area contributed by atoms with Crippen LogP contribution >= 0.6 is 0 Å². The van der Waals surface area contributed by atoms with Gasteiger partial charge in [-0.05, 0) is 42.8 Å². The summed E-state index contributed by atoms with van der Waals surface area (Å²) < 4.78 is 30.4. The number of carbonyl (C=O) groups is 1. The van der Waals surface area contributed by atoms with E-state index in [9.17, 15) is 13.2 Å². The van der Waals surface area contributed by atoms with Crippen LogP contribution in [0, 0.1) is 0 Å². The highest BCUT2D eigenvalue weighted by Crippen LogP contribution is 2.26. The van der Waals surface area contributed by atoms with Gasteiger partial charge in [-0.15, -0.1) is 0 Å². The number of benzene rings is 2. The molecule has 0 aliphatic carbocycles. The van der Waals surface area contributed by atoms with Gasteiger partial charge in [0.05, 0.1) is 24.2 Å². The van der Waals surface area contributed by atoms with Crippen molar-refractivity contribution >= 4 is 33.1 Å². The van der Waals surface area contributed by atoms with Gasteiger partial charge in [-0.3, -0.25) is 4.31 Å². The molecule has 1 aliphatic rings. The number of methoxy groups -OCH3 is 1. The van der Waals surface area contributed by atoms with Gasteiger partial charge in [0.1, 0.15) is 5.75 Å². The molecule has 2 N–H and O–H groups in total. The van der Waals surface area contributed by atoms with Crippen LogP contribution in [0.4, 0.5) is 21.9 Å². The summed E-state index contributed by atoms with van der Waals surface area (Å²) >= 11 is 0. The molecule has 0 atom stereocenters. The van der Waals surface area contributed by atoms with E-state index >= 15 is 0 Å². The van der Waals surface area contributed by atoms with Crippen LogP contribution in [-0.4, -0.2) is 33.9 Å². The largest absolute Gasteiger partial charge is 0.495 e. The smallest absolute Gasteiger partial charge is 0.323 e. The topological polar surface area (TPSA) is 87.7 Å². The van der Waals surface area contributed by atoms with Gasteiger partial charge in [-0.1, -0.05) is 12.1 Å². The number of ether oxygens (including phenoxy) is 1. The maximum Gasteiger partial charge on any atom is 0.323 e. The molecule has 2 aromatic rings. The van der Waals surface area contributed by atoms with Crippen molar-refractivity contribution in [1.29, 1.82) is 0 Å². The summed E-state index contributed by atoms with van der Waals surface area (Å²) in [5, 5.41) is 5.42. The van der Waals surface area contributed by atoms with E-state index < -0.39 is 16.1 Å². The van der Waals surface area contributed by atoms with Crippen LogP contribution < -0.4 is 19.7 Å². The molecule has 8 heteroatoms. The lowest BCUT2D eigenvalue weighted by Crippen LogP contribution is -2.25. The summed E-state index contributed by atoms with van der Waals surface area (Å²) in [6.07, 6.45) is 0.629. The minimum Gasteiger partial charge on any atom is -0.495 e. The molecule has 2 amide bonds. The van der Waals surface area contributed by atoms with Crippen LogP contribution in [0.15, 0.2) is 48.5 Å². The highest BCUT2D eigenvalue weighted by Gasteiger charge is 2.28. The maximum atomic E-state index is 12.1. The van der Waals surface area contributed by atoms with E-state index in [1.807, 2.05) is 6.07 Å². The third kappa shape index (κ3) is 3.85. The Bertz CT molecular complexity index is 866. The fraction of sp³-hybridized carbons (Fsp3) is 0.235. The van der Waals surface area contributed by atoms with E-state index in [-0.39, 0.29) is 5.75 Å². The van der Waals surface area contributed by atoms with Crippen molar-refractivity contribution in [2.24, 2.45) is 0 Å². The van der Waals surface area contributed by atoms with Crippen LogP contribution in [0.5, 0.6) is 5.75 Å². The summed E-state index contributed by atoms with van der Waals surface area (Å²) in [6.45, 7) is 0.489. The second-order valence-electron chi connectivity index (χ2n) is 5.57. The molecule has 0 saturated carbocycles. The number of hydrogen-bond acceptors (Lipinski definition) is 4.